The van der Waals surface area contributed by atoms with E-state index >= 15 is 0 Å². The molecule has 2 aliphatic rings. The number of aromatic nitrogens is 2. The van der Waals surface area contributed by atoms with Crippen LogP contribution in [0.3, 0.4) is 0 Å². The molecule has 0 aromatic carbocycles. The van der Waals surface area contributed by atoms with Crippen LogP contribution in [0.2, 0.25) is 5.02 Å². The predicted molar refractivity (Wildman–Crippen MR) is 117 cm³/mol. The van der Waals surface area contributed by atoms with Gasteiger partial charge in [0.05, 0.1) is 10.7 Å². The lowest BCUT2D eigenvalue weighted by molar-refractivity contribution is 0.608. The molecule has 0 amide bonds. The fourth-order valence-corrected chi connectivity index (χ4v) is 3.96. The van der Waals surface area contributed by atoms with Crippen molar-refractivity contribution in [3.05, 3.63) is 58.3 Å². The van der Waals surface area contributed by atoms with E-state index in [4.69, 9.17) is 16.6 Å². The molecule has 1 unspecified atom stereocenters. The lowest BCUT2D eigenvalue weighted by Crippen LogP contribution is -2.23. The van der Waals surface area contributed by atoms with E-state index in [9.17, 15) is 0 Å². The van der Waals surface area contributed by atoms with Crippen LogP contribution in [0.4, 0.5) is 0 Å². The molecule has 0 bridgehead atoms. The highest BCUT2D eigenvalue weighted by Crippen LogP contribution is 2.36. The van der Waals surface area contributed by atoms with Crippen LogP contribution < -0.4 is 5.32 Å². The average molecular weight is 397 g/mol. The first-order valence-corrected chi connectivity index (χ1v) is 10.8. The monoisotopic (exact) mass is 396 g/mol. The van der Waals surface area contributed by atoms with Crippen LogP contribution in [0.25, 0.3) is 5.65 Å². The second-order valence-corrected chi connectivity index (χ2v) is 8.38. The number of hydrogen-bond acceptors (Lipinski definition) is 3. The van der Waals surface area contributed by atoms with Gasteiger partial charge >= 0.3 is 0 Å². The molecule has 0 aliphatic heterocycles. The average Bonchev–Trinajstić information content (AvgIpc) is 3.40. The van der Waals surface area contributed by atoms with Gasteiger partial charge in [-0.05, 0) is 56.7 Å². The molecule has 4 nitrogen and oxygen atoms in total. The molecule has 2 fully saturated rings. The van der Waals surface area contributed by atoms with Crippen LogP contribution in [0.5, 0.6) is 0 Å². The van der Waals surface area contributed by atoms with Crippen LogP contribution >= 0.6 is 11.6 Å². The van der Waals surface area contributed by atoms with Crippen LogP contribution in [-0.2, 0) is 0 Å². The van der Waals surface area contributed by atoms with E-state index in [1.165, 1.54) is 54.8 Å². The first kappa shape index (κ1) is 19.3. The molecule has 0 saturated heterocycles. The molecule has 1 N–H and O–H groups in total. The smallest absolute Gasteiger partial charge is 0.137 e. The standard InChI is InChI=1S/C23H29ClN4/c1-4-19(12-20(25-3)16-8-9-16)26-23(17-6-5-7-17)15(2)21-14-28-13-18(24)10-11-22(28)27-21/h10-16,26H,4-9H2,1-3H3/b19-12+,25-20+. The summed E-state index contributed by atoms with van der Waals surface area (Å²) in [6.45, 7) is 4.46. The first-order valence-electron chi connectivity index (χ1n) is 10.4. The zero-order valence-corrected chi connectivity index (χ0v) is 17.8. The number of fused-ring (bicyclic) bond motifs is 1. The third-order valence-corrected chi connectivity index (χ3v) is 6.12. The van der Waals surface area contributed by atoms with Crippen molar-refractivity contribution in [3.8, 4) is 0 Å². The summed E-state index contributed by atoms with van der Waals surface area (Å²) < 4.78 is 2.02. The molecular formula is C23H29ClN4. The number of hydrogen-bond donors (Lipinski definition) is 1. The maximum atomic E-state index is 6.14. The van der Waals surface area contributed by atoms with Crippen molar-refractivity contribution in [1.29, 1.82) is 0 Å². The number of pyridine rings is 1. The summed E-state index contributed by atoms with van der Waals surface area (Å²) >= 11 is 6.14. The maximum Gasteiger partial charge on any atom is 0.137 e. The van der Waals surface area contributed by atoms with Crippen LogP contribution in [0.1, 0.15) is 64.0 Å². The van der Waals surface area contributed by atoms with E-state index in [2.05, 4.69) is 36.4 Å². The lowest BCUT2D eigenvalue weighted by atomic mass is 9.85. The van der Waals surface area contributed by atoms with Gasteiger partial charge in [0.15, 0.2) is 0 Å². The molecule has 2 aromatic rings. The molecule has 2 aliphatic carbocycles. The number of aliphatic imine (C=N–C) groups is 1. The second kappa shape index (κ2) is 8.12. The highest BCUT2D eigenvalue weighted by atomic mass is 35.5. The van der Waals surface area contributed by atoms with Gasteiger partial charge in [-0.15, -0.1) is 0 Å². The quantitative estimate of drug-likeness (QED) is 0.592. The SMILES string of the molecule is CC/C(=C\C(=N/C)C1CC1)NC(=C1CCC1)C(C)c1cn2cc(Cl)ccc2n1. The molecular weight excluding hydrogens is 368 g/mol. The topological polar surface area (TPSA) is 41.7 Å². The zero-order valence-electron chi connectivity index (χ0n) is 17.0. The number of nitrogens with one attached hydrogen (secondary N) is 1. The van der Waals surface area contributed by atoms with Gasteiger partial charge in [0.25, 0.3) is 0 Å². The third-order valence-electron chi connectivity index (χ3n) is 5.90. The van der Waals surface area contributed by atoms with Gasteiger partial charge in [-0.1, -0.05) is 31.0 Å². The molecule has 4 rings (SSSR count). The Hall–Kier alpha value is -2.07. The summed E-state index contributed by atoms with van der Waals surface area (Å²) in [7, 11) is 1.91. The van der Waals surface area contributed by atoms with Gasteiger partial charge in [-0.3, -0.25) is 4.99 Å². The van der Waals surface area contributed by atoms with Crippen molar-refractivity contribution in [3.63, 3.8) is 0 Å². The summed E-state index contributed by atoms with van der Waals surface area (Å²) in [5.74, 6) is 0.876. The van der Waals surface area contributed by atoms with Crippen molar-refractivity contribution >= 4 is 23.0 Å². The fraction of sp³-hybridized carbons (Fsp3) is 0.478. The Labute approximate surface area is 172 Å². The van der Waals surface area contributed by atoms with Crippen LogP contribution in [0, 0.1) is 5.92 Å². The molecule has 1 atom stereocenters. The second-order valence-electron chi connectivity index (χ2n) is 7.94. The van der Waals surface area contributed by atoms with Crippen molar-refractivity contribution < 1.29 is 0 Å². The van der Waals surface area contributed by atoms with E-state index in [-0.39, 0.29) is 5.92 Å². The van der Waals surface area contributed by atoms with E-state index in [0.29, 0.717) is 5.92 Å². The van der Waals surface area contributed by atoms with Crippen molar-refractivity contribution in [2.75, 3.05) is 7.05 Å². The Balaban J connectivity index is 1.63. The number of nitrogens with zero attached hydrogens (tertiary/aromatic N) is 3. The van der Waals surface area contributed by atoms with E-state index in [0.717, 1.165) is 22.8 Å². The minimum absolute atomic E-state index is 0.215. The fourth-order valence-electron chi connectivity index (χ4n) is 3.79. The summed E-state index contributed by atoms with van der Waals surface area (Å²) in [5.41, 5.74) is 7.34. The molecule has 2 heterocycles. The van der Waals surface area contributed by atoms with E-state index in [1.807, 2.05) is 29.8 Å². The number of allylic oxidation sites excluding steroid dienone is 4. The van der Waals surface area contributed by atoms with Gasteiger partial charge in [0.2, 0.25) is 0 Å². The Kier molecular flexibility index (Phi) is 5.58. The van der Waals surface area contributed by atoms with Gasteiger partial charge in [0, 0.05) is 48.4 Å². The Bertz CT molecular complexity index is 956. The van der Waals surface area contributed by atoms with Crippen molar-refractivity contribution in [1.82, 2.24) is 14.7 Å². The molecule has 28 heavy (non-hydrogen) atoms. The zero-order chi connectivity index (χ0) is 19.7. The largest absolute Gasteiger partial charge is 0.362 e. The first-order chi connectivity index (χ1) is 13.6. The number of rotatable bonds is 7. The lowest BCUT2D eigenvalue weighted by Gasteiger charge is -2.27. The molecule has 5 heteroatoms. The Morgan fingerprint density at radius 3 is 2.75 bits per heavy atom. The van der Waals surface area contributed by atoms with Gasteiger partial charge in [-0.2, -0.15) is 0 Å². The summed E-state index contributed by atoms with van der Waals surface area (Å²) in [4.78, 5) is 9.37. The van der Waals surface area contributed by atoms with E-state index in [1.54, 1.807) is 0 Å². The summed E-state index contributed by atoms with van der Waals surface area (Å²) in [5, 5.41) is 4.52. The summed E-state index contributed by atoms with van der Waals surface area (Å²) in [6, 6.07) is 3.86. The van der Waals surface area contributed by atoms with Gasteiger partial charge in [0.1, 0.15) is 5.65 Å². The normalized spacial score (nSPS) is 18.9. The van der Waals surface area contributed by atoms with Crippen molar-refractivity contribution in [2.24, 2.45) is 10.9 Å². The molecule has 0 spiro atoms. The number of halogens is 1. The van der Waals surface area contributed by atoms with Crippen LogP contribution in [0.15, 0.2) is 52.6 Å². The maximum absolute atomic E-state index is 6.14. The Morgan fingerprint density at radius 1 is 1.36 bits per heavy atom. The predicted octanol–water partition coefficient (Wildman–Crippen LogP) is 5.89. The highest BCUT2D eigenvalue weighted by Gasteiger charge is 2.27. The van der Waals surface area contributed by atoms with E-state index < -0.39 is 0 Å². The minimum atomic E-state index is 0.215. The summed E-state index contributed by atoms with van der Waals surface area (Å²) in [6.07, 6.45) is 13.4. The van der Waals surface area contributed by atoms with Gasteiger partial charge in [-0.25, -0.2) is 4.98 Å². The highest BCUT2D eigenvalue weighted by molar-refractivity contribution is 6.30. The number of imidazole rings is 1. The third kappa shape index (κ3) is 4.02. The van der Waals surface area contributed by atoms with Gasteiger partial charge < -0.3 is 9.72 Å². The molecule has 0 radical (unpaired) electrons. The molecule has 148 valence electrons. The molecule has 2 aromatic heterocycles. The molecule has 2 saturated carbocycles. The van der Waals surface area contributed by atoms with Crippen LogP contribution in [-0.4, -0.2) is 22.1 Å². The Morgan fingerprint density at radius 2 is 2.14 bits per heavy atom. The minimum Gasteiger partial charge on any atom is -0.362 e. The van der Waals surface area contributed by atoms with Crippen molar-refractivity contribution in [2.45, 2.75) is 58.3 Å².